The quantitative estimate of drug-likeness (QED) is 0.217. The lowest BCUT2D eigenvalue weighted by Crippen LogP contribution is -2.20. The Kier molecular flexibility index (Phi) is 9.88. The van der Waals surface area contributed by atoms with E-state index in [-0.39, 0.29) is 12.6 Å². The van der Waals surface area contributed by atoms with Crippen molar-refractivity contribution in [2.75, 3.05) is 51.7 Å². The van der Waals surface area contributed by atoms with E-state index in [1.807, 2.05) is 49.5 Å². The average Bonchev–Trinajstić information content (AvgIpc) is 3.31. The number of hydrogen-bond acceptors (Lipinski definition) is 7. The Morgan fingerprint density at radius 1 is 1.22 bits per heavy atom. The molecule has 0 saturated heterocycles. The highest BCUT2D eigenvalue weighted by atomic mass is 35.5. The van der Waals surface area contributed by atoms with Gasteiger partial charge in [-0.3, -0.25) is 14.8 Å². The lowest BCUT2D eigenvalue weighted by molar-refractivity contribution is -0.111. The second kappa shape index (κ2) is 13.3. The lowest BCUT2D eigenvalue weighted by Gasteiger charge is -2.18. The second-order valence-electron chi connectivity index (χ2n) is 8.14. The van der Waals surface area contributed by atoms with Crippen LogP contribution in [0.15, 0.2) is 70.3 Å². The molecule has 0 spiro atoms. The van der Waals surface area contributed by atoms with Gasteiger partial charge in [-0.1, -0.05) is 36.4 Å². The van der Waals surface area contributed by atoms with Gasteiger partial charge in [0, 0.05) is 41.5 Å². The molecule has 0 fully saturated rings. The van der Waals surface area contributed by atoms with Gasteiger partial charge in [-0.05, 0) is 39.0 Å². The van der Waals surface area contributed by atoms with Crippen LogP contribution in [0.4, 0.5) is 11.4 Å². The van der Waals surface area contributed by atoms with Gasteiger partial charge in [-0.2, -0.15) is 0 Å². The van der Waals surface area contributed by atoms with Crippen molar-refractivity contribution in [2.24, 2.45) is 9.98 Å². The lowest BCUT2D eigenvalue weighted by atomic mass is 10.1. The molecule has 0 aliphatic carbocycles. The van der Waals surface area contributed by atoms with E-state index < -0.39 is 0 Å². The number of fused-ring (bicyclic) bond motifs is 1. The SMILES string of the molecule is C=CC(=O)Nc1cc(NC/N=C\C(Cl)=C(/N=C)c2c[nH]c3ccccc23)c(OC)cc1OCCN(C)C. The summed E-state index contributed by atoms with van der Waals surface area (Å²) >= 11 is 6.52. The fraction of sp³-hybridized carbons (Fsp3) is 0.222. The highest BCUT2D eigenvalue weighted by Crippen LogP contribution is 2.37. The van der Waals surface area contributed by atoms with Gasteiger partial charge in [0.15, 0.2) is 0 Å². The first-order chi connectivity index (χ1) is 17.9. The molecule has 0 aliphatic rings. The number of aromatic nitrogens is 1. The number of nitrogens with one attached hydrogen (secondary N) is 3. The summed E-state index contributed by atoms with van der Waals surface area (Å²) in [5, 5.41) is 7.28. The number of carbonyl (C=O) groups excluding carboxylic acids is 1. The number of para-hydroxylation sites is 1. The molecular formula is C27H31ClN6O3. The number of methoxy groups -OCH3 is 1. The molecule has 0 atom stereocenters. The van der Waals surface area contributed by atoms with Crippen LogP contribution in [0.3, 0.4) is 0 Å². The molecule has 0 bridgehead atoms. The fourth-order valence-corrected chi connectivity index (χ4v) is 3.71. The minimum atomic E-state index is -0.356. The molecule has 3 N–H and O–H groups in total. The van der Waals surface area contributed by atoms with Crippen molar-refractivity contribution in [3.05, 3.63) is 65.8 Å². The molecular weight excluding hydrogens is 492 g/mol. The number of likely N-dealkylation sites (N-methyl/N-ethyl adjacent to an activating group) is 1. The van der Waals surface area contributed by atoms with Crippen LogP contribution in [0, 0.1) is 0 Å². The molecule has 9 nitrogen and oxygen atoms in total. The average molecular weight is 523 g/mol. The van der Waals surface area contributed by atoms with Crippen LogP contribution in [-0.4, -0.2) is 69.7 Å². The van der Waals surface area contributed by atoms with Crippen molar-refractivity contribution in [1.29, 1.82) is 0 Å². The van der Waals surface area contributed by atoms with Crippen molar-refractivity contribution in [1.82, 2.24) is 9.88 Å². The Hall–Kier alpha value is -4.08. The normalized spacial score (nSPS) is 11.9. The number of aliphatic imine (C=N–C) groups is 2. The summed E-state index contributed by atoms with van der Waals surface area (Å²) < 4.78 is 11.4. The monoisotopic (exact) mass is 522 g/mol. The molecule has 0 unspecified atom stereocenters. The fourth-order valence-electron chi connectivity index (χ4n) is 3.48. The van der Waals surface area contributed by atoms with E-state index >= 15 is 0 Å². The number of ether oxygens (including phenoxy) is 2. The van der Waals surface area contributed by atoms with Gasteiger partial charge in [0.25, 0.3) is 0 Å². The standard InChI is InChI=1S/C27H31ClN6O3/c1-6-26(35)33-23-13-22(24(36-5)14-25(23)37-12-11-34(3)4)32-17-30-16-20(28)27(29-2)19-15-31-21-10-8-7-9-18(19)21/h6-10,13-16,31-32H,1-2,11-12,17H2,3-5H3,(H,33,35)/b27-20+,30-16-. The van der Waals surface area contributed by atoms with E-state index in [2.05, 4.69) is 38.9 Å². The zero-order valence-electron chi connectivity index (χ0n) is 21.2. The smallest absolute Gasteiger partial charge is 0.247 e. The highest BCUT2D eigenvalue weighted by molar-refractivity contribution is 6.42. The third-order valence-corrected chi connectivity index (χ3v) is 5.61. The zero-order valence-corrected chi connectivity index (χ0v) is 21.9. The predicted octanol–water partition coefficient (Wildman–Crippen LogP) is 4.99. The van der Waals surface area contributed by atoms with Crippen molar-refractivity contribution in [3.63, 3.8) is 0 Å². The van der Waals surface area contributed by atoms with Crippen LogP contribution in [0.2, 0.25) is 0 Å². The maximum atomic E-state index is 12.0. The van der Waals surface area contributed by atoms with Crippen LogP contribution >= 0.6 is 11.6 Å². The van der Waals surface area contributed by atoms with Crippen LogP contribution in [0.5, 0.6) is 11.5 Å². The largest absolute Gasteiger partial charge is 0.494 e. The van der Waals surface area contributed by atoms with E-state index in [1.54, 1.807) is 19.2 Å². The number of rotatable bonds is 13. The molecule has 194 valence electrons. The van der Waals surface area contributed by atoms with Crippen molar-refractivity contribution < 1.29 is 14.3 Å². The van der Waals surface area contributed by atoms with Gasteiger partial charge in [0.1, 0.15) is 24.8 Å². The summed E-state index contributed by atoms with van der Waals surface area (Å²) in [6.45, 7) is 8.50. The molecule has 3 rings (SSSR count). The van der Waals surface area contributed by atoms with E-state index in [0.29, 0.717) is 46.8 Å². The van der Waals surface area contributed by atoms with Crippen molar-refractivity contribution in [3.8, 4) is 11.5 Å². The molecule has 10 heteroatoms. The first kappa shape index (κ1) is 27.5. The molecule has 1 amide bonds. The third-order valence-electron chi connectivity index (χ3n) is 5.34. The maximum absolute atomic E-state index is 12.0. The van der Waals surface area contributed by atoms with Crippen molar-refractivity contribution >= 4 is 58.4 Å². The predicted molar refractivity (Wildman–Crippen MR) is 153 cm³/mol. The second-order valence-corrected chi connectivity index (χ2v) is 8.55. The Morgan fingerprint density at radius 3 is 2.70 bits per heavy atom. The summed E-state index contributed by atoms with van der Waals surface area (Å²) in [7, 11) is 5.46. The van der Waals surface area contributed by atoms with Gasteiger partial charge >= 0.3 is 0 Å². The number of carbonyl (C=O) groups is 1. The summed E-state index contributed by atoms with van der Waals surface area (Å²) in [6.07, 6.45) is 4.56. The minimum Gasteiger partial charge on any atom is -0.494 e. The first-order valence-electron chi connectivity index (χ1n) is 11.5. The Bertz CT molecular complexity index is 1330. The molecule has 0 saturated carbocycles. The number of hydrogen-bond donors (Lipinski definition) is 3. The van der Waals surface area contributed by atoms with Crippen LogP contribution < -0.4 is 20.1 Å². The summed E-state index contributed by atoms with van der Waals surface area (Å²) in [6, 6.07) is 11.3. The Morgan fingerprint density at radius 2 is 2.00 bits per heavy atom. The molecule has 2 aromatic carbocycles. The molecule has 3 aromatic rings. The van der Waals surface area contributed by atoms with Gasteiger partial charge < -0.3 is 30.0 Å². The molecule has 1 aromatic heterocycles. The maximum Gasteiger partial charge on any atom is 0.247 e. The number of benzene rings is 2. The number of aromatic amines is 1. The summed E-state index contributed by atoms with van der Waals surface area (Å²) in [4.78, 5) is 25.7. The third kappa shape index (κ3) is 7.22. The van der Waals surface area contributed by atoms with E-state index in [4.69, 9.17) is 21.1 Å². The zero-order chi connectivity index (χ0) is 26.8. The minimum absolute atomic E-state index is 0.181. The van der Waals surface area contributed by atoms with Gasteiger partial charge in [0.05, 0.1) is 29.2 Å². The Labute approximate surface area is 221 Å². The van der Waals surface area contributed by atoms with E-state index in [1.165, 1.54) is 12.3 Å². The number of halogens is 1. The number of nitrogens with zero attached hydrogens (tertiary/aromatic N) is 3. The van der Waals surface area contributed by atoms with Crippen molar-refractivity contribution in [2.45, 2.75) is 0 Å². The number of anilines is 2. The van der Waals surface area contributed by atoms with Gasteiger partial charge in [-0.15, -0.1) is 0 Å². The van der Waals surface area contributed by atoms with E-state index in [0.717, 1.165) is 16.5 Å². The topological polar surface area (TPSA) is 103 Å². The molecule has 37 heavy (non-hydrogen) atoms. The van der Waals surface area contributed by atoms with Crippen LogP contribution in [0.25, 0.3) is 16.6 Å². The van der Waals surface area contributed by atoms with Crippen LogP contribution in [-0.2, 0) is 4.79 Å². The first-order valence-corrected chi connectivity index (χ1v) is 11.8. The number of allylic oxidation sites excluding steroid dienone is 1. The van der Waals surface area contributed by atoms with E-state index in [9.17, 15) is 4.79 Å². The van der Waals surface area contributed by atoms with Crippen LogP contribution in [0.1, 0.15) is 5.56 Å². The molecule has 0 radical (unpaired) electrons. The summed E-state index contributed by atoms with van der Waals surface area (Å²) in [5.74, 6) is 0.653. The molecule has 0 aliphatic heterocycles. The molecule has 1 heterocycles. The van der Waals surface area contributed by atoms with Gasteiger partial charge in [0.2, 0.25) is 5.91 Å². The Balaban J connectivity index is 1.79. The summed E-state index contributed by atoms with van der Waals surface area (Å²) in [5.41, 5.74) is 3.42. The number of amides is 1. The number of H-pyrrole nitrogens is 1. The van der Waals surface area contributed by atoms with Gasteiger partial charge in [-0.25, -0.2) is 0 Å². The highest BCUT2D eigenvalue weighted by Gasteiger charge is 2.14.